The number of rotatable bonds is 7. The zero-order valence-electron chi connectivity index (χ0n) is 18.7. The van der Waals surface area contributed by atoms with Gasteiger partial charge in [0.25, 0.3) is 0 Å². The van der Waals surface area contributed by atoms with E-state index in [2.05, 4.69) is 17.4 Å². The van der Waals surface area contributed by atoms with Gasteiger partial charge in [0.15, 0.2) is 0 Å². The fourth-order valence-electron chi connectivity index (χ4n) is 4.82. The number of benzene rings is 2. The molecule has 0 radical (unpaired) electrons. The lowest BCUT2D eigenvalue weighted by atomic mass is 9.74. The first-order valence-corrected chi connectivity index (χ1v) is 13.5. The Morgan fingerprint density at radius 2 is 1.67 bits per heavy atom. The summed E-state index contributed by atoms with van der Waals surface area (Å²) in [7, 11) is -3.48. The van der Waals surface area contributed by atoms with Crippen LogP contribution in [0, 0.1) is 5.92 Å². The molecule has 0 bridgehead atoms. The van der Waals surface area contributed by atoms with Crippen LogP contribution in [0.5, 0.6) is 0 Å². The van der Waals surface area contributed by atoms with Gasteiger partial charge in [0.05, 0.1) is 5.75 Å². The van der Waals surface area contributed by atoms with E-state index in [1.54, 1.807) is 24.3 Å². The van der Waals surface area contributed by atoms with E-state index >= 15 is 0 Å². The quantitative estimate of drug-likeness (QED) is 0.641. The highest BCUT2D eigenvalue weighted by Crippen LogP contribution is 2.34. The van der Waals surface area contributed by atoms with Crippen LogP contribution in [0.25, 0.3) is 0 Å². The zero-order chi connectivity index (χ0) is 23.3. The number of piperidine rings is 1. The molecule has 2 aromatic rings. The van der Waals surface area contributed by atoms with E-state index in [1.807, 2.05) is 18.2 Å². The molecular weight excluding hydrogens is 460 g/mol. The minimum atomic E-state index is -3.48. The molecule has 2 aromatic carbocycles. The second kappa shape index (κ2) is 10.6. The molecule has 0 aliphatic carbocycles. The van der Waals surface area contributed by atoms with Crippen LogP contribution in [-0.2, 0) is 30.7 Å². The monoisotopic (exact) mass is 490 g/mol. The van der Waals surface area contributed by atoms with Crippen molar-refractivity contribution < 1.29 is 17.9 Å². The van der Waals surface area contributed by atoms with Crippen molar-refractivity contribution in [2.24, 2.45) is 5.92 Å². The van der Waals surface area contributed by atoms with Crippen molar-refractivity contribution in [2.75, 3.05) is 32.8 Å². The fraction of sp³-hybridized carbons (Fsp3) is 0.480. The van der Waals surface area contributed by atoms with Gasteiger partial charge in [-0.1, -0.05) is 60.1 Å². The summed E-state index contributed by atoms with van der Waals surface area (Å²) >= 11 is 6.14. The Morgan fingerprint density at radius 3 is 2.33 bits per heavy atom. The number of hydrogen-bond donors (Lipinski definition) is 1. The summed E-state index contributed by atoms with van der Waals surface area (Å²) in [6.45, 7) is 2.65. The van der Waals surface area contributed by atoms with Crippen LogP contribution in [0.4, 0.5) is 0 Å². The van der Waals surface area contributed by atoms with E-state index in [0.29, 0.717) is 56.3 Å². The highest BCUT2D eigenvalue weighted by atomic mass is 35.5. The molecule has 33 heavy (non-hydrogen) atoms. The summed E-state index contributed by atoms with van der Waals surface area (Å²) in [5.41, 5.74) is 1.71. The molecule has 1 amide bonds. The molecular formula is C25H31ClN2O4S. The average molecular weight is 491 g/mol. The predicted molar refractivity (Wildman–Crippen MR) is 130 cm³/mol. The van der Waals surface area contributed by atoms with Crippen molar-refractivity contribution in [3.8, 4) is 0 Å². The number of ether oxygens (including phenoxy) is 1. The van der Waals surface area contributed by atoms with Gasteiger partial charge in [-0.25, -0.2) is 12.7 Å². The van der Waals surface area contributed by atoms with Crippen LogP contribution in [0.3, 0.4) is 0 Å². The lowest BCUT2D eigenvalue weighted by Gasteiger charge is -2.38. The van der Waals surface area contributed by atoms with Crippen molar-refractivity contribution in [1.82, 2.24) is 9.62 Å². The molecule has 6 nitrogen and oxygen atoms in total. The van der Waals surface area contributed by atoms with Gasteiger partial charge in [0.2, 0.25) is 15.9 Å². The van der Waals surface area contributed by atoms with E-state index in [0.717, 1.165) is 12.8 Å². The summed E-state index contributed by atoms with van der Waals surface area (Å²) in [5.74, 6) is -0.282. The summed E-state index contributed by atoms with van der Waals surface area (Å²) < 4.78 is 32.8. The highest BCUT2D eigenvalue weighted by molar-refractivity contribution is 7.88. The number of amides is 1. The third kappa shape index (κ3) is 5.77. The SMILES string of the molecule is O=C(NCC1(c2ccccc2)CCOCC1)C1CCN(S(=O)(=O)Cc2ccccc2Cl)CC1. The van der Waals surface area contributed by atoms with Crippen molar-refractivity contribution >= 4 is 27.5 Å². The largest absolute Gasteiger partial charge is 0.381 e. The Labute approximate surface area is 201 Å². The standard InChI is InChI=1S/C25H31ClN2O4S/c26-23-9-5-4-6-21(23)18-33(30,31)28-14-10-20(11-15-28)24(29)27-19-25(12-16-32-17-13-25)22-7-2-1-3-8-22/h1-9,20H,10-19H2,(H,27,29). The molecule has 2 saturated heterocycles. The van der Waals surface area contributed by atoms with Gasteiger partial charge < -0.3 is 10.1 Å². The lowest BCUT2D eigenvalue weighted by molar-refractivity contribution is -0.126. The van der Waals surface area contributed by atoms with Crippen LogP contribution in [0.15, 0.2) is 54.6 Å². The summed E-state index contributed by atoms with van der Waals surface area (Å²) in [6, 6.07) is 17.3. The molecule has 0 unspecified atom stereocenters. The van der Waals surface area contributed by atoms with E-state index in [9.17, 15) is 13.2 Å². The Balaban J connectivity index is 1.33. The smallest absolute Gasteiger partial charge is 0.223 e. The lowest BCUT2D eigenvalue weighted by Crippen LogP contribution is -2.48. The van der Waals surface area contributed by atoms with E-state index in [-0.39, 0.29) is 23.0 Å². The Morgan fingerprint density at radius 1 is 1.03 bits per heavy atom. The Kier molecular flexibility index (Phi) is 7.74. The molecule has 2 fully saturated rings. The molecule has 2 aliphatic rings. The Bertz CT molecular complexity index is 1050. The van der Waals surface area contributed by atoms with Crippen LogP contribution < -0.4 is 5.32 Å². The molecule has 2 aliphatic heterocycles. The van der Waals surface area contributed by atoms with Crippen molar-refractivity contribution in [1.29, 1.82) is 0 Å². The maximum Gasteiger partial charge on any atom is 0.223 e. The molecule has 0 aromatic heterocycles. The fourth-order valence-corrected chi connectivity index (χ4v) is 6.70. The summed E-state index contributed by atoms with van der Waals surface area (Å²) in [6.07, 6.45) is 2.79. The molecule has 0 saturated carbocycles. The van der Waals surface area contributed by atoms with Crippen molar-refractivity contribution in [3.05, 3.63) is 70.7 Å². The van der Waals surface area contributed by atoms with E-state index in [1.165, 1.54) is 9.87 Å². The minimum absolute atomic E-state index is 0.0138. The predicted octanol–water partition coefficient (Wildman–Crippen LogP) is 3.75. The first kappa shape index (κ1) is 24.2. The third-order valence-corrected chi connectivity index (χ3v) is 9.15. The zero-order valence-corrected chi connectivity index (χ0v) is 20.3. The maximum absolute atomic E-state index is 13.0. The van der Waals surface area contributed by atoms with Gasteiger partial charge in [-0.15, -0.1) is 0 Å². The number of nitrogens with zero attached hydrogens (tertiary/aromatic N) is 1. The molecule has 0 spiro atoms. The summed E-state index contributed by atoms with van der Waals surface area (Å²) in [5, 5.41) is 3.64. The molecule has 1 N–H and O–H groups in total. The number of hydrogen-bond acceptors (Lipinski definition) is 4. The van der Waals surface area contributed by atoms with Crippen molar-refractivity contribution in [3.63, 3.8) is 0 Å². The number of sulfonamides is 1. The van der Waals surface area contributed by atoms with Crippen LogP contribution >= 0.6 is 11.6 Å². The van der Waals surface area contributed by atoms with Crippen LogP contribution in [-0.4, -0.2) is 51.5 Å². The van der Waals surface area contributed by atoms with Gasteiger partial charge in [-0.05, 0) is 42.9 Å². The van der Waals surface area contributed by atoms with E-state index in [4.69, 9.17) is 16.3 Å². The van der Waals surface area contributed by atoms with Crippen molar-refractivity contribution in [2.45, 2.75) is 36.9 Å². The van der Waals surface area contributed by atoms with Gasteiger partial charge in [0.1, 0.15) is 0 Å². The van der Waals surface area contributed by atoms with Gasteiger partial charge in [0, 0.05) is 49.2 Å². The average Bonchev–Trinajstić information content (AvgIpc) is 2.85. The van der Waals surface area contributed by atoms with Crippen LogP contribution in [0.2, 0.25) is 5.02 Å². The topological polar surface area (TPSA) is 75.7 Å². The van der Waals surface area contributed by atoms with Gasteiger partial charge in [-0.3, -0.25) is 4.79 Å². The molecule has 0 atom stereocenters. The molecule has 4 rings (SSSR count). The number of carbonyl (C=O) groups excluding carboxylic acids is 1. The number of nitrogens with one attached hydrogen (secondary N) is 1. The van der Waals surface area contributed by atoms with Crippen LogP contribution in [0.1, 0.15) is 36.8 Å². The highest BCUT2D eigenvalue weighted by Gasteiger charge is 2.36. The molecule has 2 heterocycles. The van der Waals surface area contributed by atoms with Gasteiger partial charge in [-0.2, -0.15) is 0 Å². The number of carbonyl (C=O) groups is 1. The van der Waals surface area contributed by atoms with E-state index < -0.39 is 10.0 Å². The van der Waals surface area contributed by atoms with Gasteiger partial charge >= 0.3 is 0 Å². The number of halogens is 1. The Hall–Kier alpha value is -1.93. The maximum atomic E-state index is 13.0. The first-order valence-electron chi connectivity index (χ1n) is 11.5. The summed E-state index contributed by atoms with van der Waals surface area (Å²) in [4.78, 5) is 13.0. The normalized spacial score (nSPS) is 19.8. The second-order valence-corrected chi connectivity index (χ2v) is 11.4. The third-order valence-electron chi connectivity index (χ3n) is 6.95. The molecule has 178 valence electrons. The molecule has 8 heteroatoms. The minimum Gasteiger partial charge on any atom is -0.381 e. The second-order valence-electron chi connectivity index (χ2n) is 9.00. The first-order chi connectivity index (χ1) is 15.9.